The molecule has 0 N–H and O–H groups in total. The smallest absolute Gasteiger partial charge is 0.266 e. The molecule has 1 unspecified atom stereocenters. The van der Waals surface area contributed by atoms with Gasteiger partial charge in [-0.05, 0) is 13.3 Å². The van der Waals surface area contributed by atoms with Gasteiger partial charge in [0.1, 0.15) is 5.60 Å². The van der Waals surface area contributed by atoms with Crippen molar-refractivity contribution in [2.75, 3.05) is 7.11 Å². The number of methoxy groups -OCH3 is 1. The zero-order chi connectivity index (χ0) is 7.49. The van der Waals surface area contributed by atoms with Crippen molar-refractivity contribution in [3.8, 4) is 0 Å². The maximum Gasteiger partial charge on any atom is 0.266 e. The fourth-order valence-corrected chi connectivity index (χ4v) is 0.388. The lowest BCUT2D eigenvalue weighted by Crippen LogP contribution is -2.34. The second kappa shape index (κ2) is 3.11. The standard InChI is InChI=1S/C6H12F2O/c1-4-6(2,9-3)5(7)8/h5H,4H2,1-3H3. The summed E-state index contributed by atoms with van der Waals surface area (Å²) in [7, 11) is 1.30. The van der Waals surface area contributed by atoms with Crippen molar-refractivity contribution < 1.29 is 13.5 Å². The zero-order valence-electron chi connectivity index (χ0n) is 5.95. The number of ether oxygens (including phenoxy) is 1. The lowest BCUT2D eigenvalue weighted by molar-refractivity contribution is -0.110. The lowest BCUT2D eigenvalue weighted by Gasteiger charge is -2.24. The lowest BCUT2D eigenvalue weighted by atomic mass is 10.1. The van der Waals surface area contributed by atoms with Crippen LogP contribution in [0.15, 0.2) is 0 Å². The van der Waals surface area contributed by atoms with Crippen molar-refractivity contribution in [2.24, 2.45) is 0 Å². The van der Waals surface area contributed by atoms with Gasteiger partial charge in [0.2, 0.25) is 0 Å². The highest BCUT2D eigenvalue weighted by atomic mass is 19.3. The van der Waals surface area contributed by atoms with Crippen LogP contribution in [0.1, 0.15) is 20.3 Å². The first-order valence-corrected chi connectivity index (χ1v) is 2.90. The first-order valence-electron chi connectivity index (χ1n) is 2.90. The van der Waals surface area contributed by atoms with Gasteiger partial charge in [0.05, 0.1) is 0 Å². The third-order valence-corrected chi connectivity index (χ3v) is 1.63. The Hall–Kier alpha value is -0.180. The molecule has 0 aliphatic carbocycles. The largest absolute Gasteiger partial charge is 0.373 e. The molecule has 0 saturated carbocycles. The molecule has 0 aromatic carbocycles. The molecule has 0 heterocycles. The van der Waals surface area contributed by atoms with Gasteiger partial charge in [0, 0.05) is 7.11 Å². The van der Waals surface area contributed by atoms with E-state index in [0.29, 0.717) is 6.42 Å². The van der Waals surface area contributed by atoms with E-state index in [-0.39, 0.29) is 0 Å². The molecule has 0 aromatic rings. The Bertz CT molecular complexity index is 79.1. The summed E-state index contributed by atoms with van der Waals surface area (Å²) in [6.45, 7) is 3.08. The highest BCUT2D eigenvalue weighted by Crippen LogP contribution is 2.22. The summed E-state index contributed by atoms with van der Waals surface area (Å²) >= 11 is 0. The number of rotatable bonds is 3. The van der Waals surface area contributed by atoms with Gasteiger partial charge in [-0.15, -0.1) is 0 Å². The van der Waals surface area contributed by atoms with Crippen molar-refractivity contribution in [1.29, 1.82) is 0 Å². The second-order valence-corrected chi connectivity index (χ2v) is 2.17. The van der Waals surface area contributed by atoms with Crippen molar-refractivity contribution in [3.63, 3.8) is 0 Å². The van der Waals surface area contributed by atoms with Crippen LogP contribution >= 0.6 is 0 Å². The Labute approximate surface area is 54.0 Å². The van der Waals surface area contributed by atoms with Crippen LogP contribution in [0.4, 0.5) is 8.78 Å². The van der Waals surface area contributed by atoms with Gasteiger partial charge >= 0.3 is 0 Å². The maximum absolute atomic E-state index is 12.0. The predicted octanol–water partition coefficient (Wildman–Crippen LogP) is 2.07. The van der Waals surface area contributed by atoms with Crippen LogP contribution in [0.3, 0.4) is 0 Å². The molecule has 0 aliphatic rings. The summed E-state index contributed by atoms with van der Waals surface area (Å²) in [5.41, 5.74) is -1.25. The predicted molar refractivity (Wildman–Crippen MR) is 31.7 cm³/mol. The van der Waals surface area contributed by atoms with Gasteiger partial charge in [-0.2, -0.15) is 0 Å². The monoisotopic (exact) mass is 138 g/mol. The van der Waals surface area contributed by atoms with Crippen LogP contribution < -0.4 is 0 Å². The molecule has 0 rings (SSSR count). The first kappa shape index (κ1) is 8.82. The summed E-state index contributed by atoms with van der Waals surface area (Å²) in [6, 6.07) is 0. The van der Waals surface area contributed by atoms with Crippen LogP contribution in [0.5, 0.6) is 0 Å². The van der Waals surface area contributed by atoms with Gasteiger partial charge in [-0.25, -0.2) is 8.78 Å². The highest BCUT2D eigenvalue weighted by Gasteiger charge is 2.32. The average molecular weight is 138 g/mol. The minimum Gasteiger partial charge on any atom is -0.373 e. The summed E-state index contributed by atoms with van der Waals surface area (Å²) in [5.74, 6) is 0. The third-order valence-electron chi connectivity index (χ3n) is 1.63. The summed E-state index contributed by atoms with van der Waals surface area (Å²) in [6.07, 6.45) is -2.06. The fourth-order valence-electron chi connectivity index (χ4n) is 0.388. The topological polar surface area (TPSA) is 9.23 Å². The molecular formula is C6H12F2O. The quantitative estimate of drug-likeness (QED) is 0.580. The SMILES string of the molecule is CCC(C)(OC)C(F)F. The molecular weight excluding hydrogens is 126 g/mol. The molecule has 1 atom stereocenters. The van der Waals surface area contributed by atoms with Crippen molar-refractivity contribution in [3.05, 3.63) is 0 Å². The molecule has 0 saturated heterocycles. The molecule has 0 amide bonds. The molecule has 9 heavy (non-hydrogen) atoms. The van der Waals surface area contributed by atoms with Crippen molar-refractivity contribution in [2.45, 2.75) is 32.3 Å². The molecule has 56 valence electrons. The molecule has 0 bridgehead atoms. The van der Waals surface area contributed by atoms with Gasteiger partial charge in [-0.1, -0.05) is 6.92 Å². The van der Waals surface area contributed by atoms with E-state index in [9.17, 15) is 8.78 Å². The van der Waals surface area contributed by atoms with E-state index in [2.05, 4.69) is 4.74 Å². The van der Waals surface area contributed by atoms with Crippen LogP contribution in [0, 0.1) is 0 Å². The van der Waals surface area contributed by atoms with Crippen molar-refractivity contribution in [1.82, 2.24) is 0 Å². The van der Waals surface area contributed by atoms with E-state index in [1.807, 2.05) is 0 Å². The molecule has 1 nitrogen and oxygen atoms in total. The van der Waals surface area contributed by atoms with E-state index in [4.69, 9.17) is 0 Å². The summed E-state index contributed by atoms with van der Waals surface area (Å²) in [4.78, 5) is 0. The van der Waals surface area contributed by atoms with Gasteiger partial charge in [0.25, 0.3) is 6.43 Å². The second-order valence-electron chi connectivity index (χ2n) is 2.17. The van der Waals surface area contributed by atoms with E-state index < -0.39 is 12.0 Å². The van der Waals surface area contributed by atoms with Gasteiger partial charge in [0.15, 0.2) is 0 Å². The molecule has 0 aromatic heterocycles. The molecule has 0 fully saturated rings. The van der Waals surface area contributed by atoms with E-state index in [1.54, 1.807) is 6.92 Å². The minimum atomic E-state index is -2.40. The van der Waals surface area contributed by atoms with E-state index >= 15 is 0 Å². The normalized spacial score (nSPS) is 18.0. The molecule has 0 radical (unpaired) electrons. The van der Waals surface area contributed by atoms with Gasteiger partial charge < -0.3 is 4.74 Å². The Kier molecular flexibility index (Phi) is 3.04. The molecule has 0 aliphatic heterocycles. The summed E-state index contributed by atoms with van der Waals surface area (Å²) < 4.78 is 28.5. The Morgan fingerprint density at radius 3 is 2.00 bits per heavy atom. The van der Waals surface area contributed by atoms with E-state index in [0.717, 1.165) is 0 Å². The number of hydrogen-bond donors (Lipinski definition) is 0. The maximum atomic E-state index is 12.0. The van der Waals surface area contributed by atoms with Crippen LogP contribution in [0.2, 0.25) is 0 Å². The highest BCUT2D eigenvalue weighted by molar-refractivity contribution is 4.74. The number of alkyl halides is 2. The van der Waals surface area contributed by atoms with Gasteiger partial charge in [-0.3, -0.25) is 0 Å². The van der Waals surface area contributed by atoms with Crippen LogP contribution in [0.25, 0.3) is 0 Å². The van der Waals surface area contributed by atoms with E-state index in [1.165, 1.54) is 14.0 Å². The fraction of sp³-hybridized carbons (Fsp3) is 1.00. The van der Waals surface area contributed by atoms with Crippen LogP contribution in [-0.2, 0) is 4.74 Å². The third kappa shape index (κ3) is 1.90. The number of hydrogen-bond acceptors (Lipinski definition) is 1. The molecule has 3 heteroatoms. The minimum absolute atomic E-state index is 0.334. The summed E-state index contributed by atoms with van der Waals surface area (Å²) in [5, 5.41) is 0. The Morgan fingerprint density at radius 1 is 1.56 bits per heavy atom. The Morgan fingerprint density at radius 2 is 2.00 bits per heavy atom. The Balaban J connectivity index is 3.92. The average Bonchev–Trinajstić information content (AvgIpc) is 1.86. The molecule has 0 spiro atoms. The first-order chi connectivity index (χ1) is 4.06. The van der Waals surface area contributed by atoms with Crippen molar-refractivity contribution >= 4 is 0 Å². The number of halogens is 2. The zero-order valence-corrected chi connectivity index (χ0v) is 5.95. The van der Waals surface area contributed by atoms with Crippen LogP contribution in [-0.4, -0.2) is 19.1 Å².